The Kier molecular flexibility index (Phi) is 9.34. The number of carbonyl (C=O) groups is 3. The number of thioether (sulfide) groups is 1. The number of nitrogens with one attached hydrogen (secondary N) is 1. The quantitative estimate of drug-likeness (QED) is 0.637. The second-order valence-electron chi connectivity index (χ2n) is 7.05. The number of aryl methyl sites for hydroxylation is 1. The van der Waals surface area contributed by atoms with Crippen LogP contribution in [0.15, 0.2) is 24.3 Å². The van der Waals surface area contributed by atoms with Crippen LogP contribution in [0, 0.1) is 0 Å². The van der Waals surface area contributed by atoms with Gasteiger partial charge in [0, 0.05) is 18.8 Å². The average Bonchev–Trinajstić information content (AvgIpc) is 2.72. The van der Waals surface area contributed by atoms with E-state index in [1.165, 1.54) is 36.6 Å². The van der Waals surface area contributed by atoms with Crippen molar-refractivity contribution in [1.82, 2.24) is 4.90 Å². The molecule has 2 rings (SSSR count). The molecular weight excluding hydrogens is 376 g/mol. The summed E-state index contributed by atoms with van der Waals surface area (Å²) >= 11 is 1.22. The first-order valence-electron chi connectivity index (χ1n) is 9.87. The summed E-state index contributed by atoms with van der Waals surface area (Å²) < 4.78 is 4.98. The van der Waals surface area contributed by atoms with Gasteiger partial charge in [0.2, 0.25) is 5.91 Å². The lowest BCUT2D eigenvalue weighted by Crippen LogP contribution is -2.39. The Morgan fingerprint density at radius 1 is 1.11 bits per heavy atom. The zero-order valence-electron chi connectivity index (χ0n) is 16.7. The highest BCUT2D eigenvalue weighted by Crippen LogP contribution is 2.22. The van der Waals surface area contributed by atoms with Crippen LogP contribution in [-0.2, 0) is 25.5 Å². The number of hydrogen-bond donors (Lipinski definition) is 1. The van der Waals surface area contributed by atoms with Crippen LogP contribution in [0.25, 0.3) is 0 Å². The predicted octanol–water partition coefficient (Wildman–Crippen LogP) is 3.26. The molecule has 0 radical (unpaired) electrons. The second kappa shape index (κ2) is 11.7. The van der Waals surface area contributed by atoms with Crippen LogP contribution in [0.2, 0.25) is 0 Å². The standard InChI is InChI=1S/C21H30N2O4S/c1-3-16-9-11-17(12-10-16)22-19(24)13-27-21(26)15-28-14-20(25)23(2)18-7-5-4-6-8-18/h9-12,18H,3-8,13-15H2,1-2H3,(H,22,24). The molecule has 0 saturated heterocycles. The average molecular weight is 407 g/mol. The molecule has 1 aromatic rings. The maximum atomic E-state index is 12.2. The molecule has 0 heterocycles. The lowest BCUT2D eigenvalue weighted by Gasteiger charge is -2.31. The number of anilines is 1. The number of esters is 1. The van der Waals surface area contributed by atoms with Crippen LogP contribution in [-0.4, -0.2) is 53.9 Å². The molecule has 1 N–H and O–H groups in total. The van der Waals surface area contributed by atoms with Gasteiger partial charge in [-0.05, 0) is 37.0 Å². The Balaban J connectivity index is 1.61. The summed E-state index contributed by atoms with van der Waals surface area (Å²) in [7, 11) is 1.84. The van der Waals surface area contributed by atoms with Gasteiger partial charge >= 0.3 is 5.97 Å². The Hall–Kier alpha value is -2.02. The van der Waals surface area contributed by atoms with Crippen molar-refractivity contribution in [1.29, 1.82) is 0 Å². The van der Waals surface area contributed by atoms with E-state index in [9.17, 15) is 14.4 Å². The summed E-state index contributed by atoms with van der Waals surface area (Å²) in [5.74, 6) is -0.524. The van der Waals surface area contributed by atoms with Gasteiger partial charge in [-0.1, -0.05) is 38.3 Å². The molecule has 0 unspecified atom stereocenters. The highest BCUT2D eigenvalue weighted by molar-refractivity contribution is 8.00. The normalized spacial score (nSPS) is 14.4. The summed E-state index contributed by atoms with van der Waals surface area (Å²) in [6.07, 6.45) is 6.65. The molecule has 0 bridgehead atoms. The minimum absolute atomic E-state index is 0.0398. The molecule has 1 aromatic carbocycles. The largest absolute Gasteiger partial charge is 0.455 e. The van der Waals surface area contributed by atoms with E-state index in [1.807, 2.05) is 36.2 Å². The monoisotopic (exact) mass is 406 g/mol. The molecule has 0 aromatic heterocycles. The number of rotatable bonds is 9. The molecule has 0 atom stereocenters. The highest BCUT2D eigenvalue weighted by atomic mass is 32.2. The maximum Gasteiger partial charge on any atom is 0.316 e. The second-order valence-corrected chi connectivity index (χ2v) is 8.03. The van der Waals surface area contributed by atoms with Crippen molar-refractivity contribution in [2.75, 3.05) is 30.5 Å². The van der Waals surface area contributed by atoms with Crippen LogP contribution < -0.4 is 5.32 Å². The molecule has 0 spiro atoms. The van der Waals surface area contributed by atoms with Crippen molar-refractivity contribution < 1.29 is 19.1 Å². The molecule has 154 valence electrons. The molecule has 1 saturated carbocycles. The number of benzene rings is 1. The van der Waals surface area contributed by atoms with Gasteiger partial charge in [0.25, 0.3) is 5.91 Å². The third kappa shape index (κ3) is 7.54. The summed E-state index contributed by atoms with van der Waals surface area (Å²) in [6.45, 7) is 1.73. The van der Waals surface area contributed by atoms with Gasteiger partial charge in [-0.25, -0.2) is 0 Å². The van der Waals surface area contributed by atoms with Gasteiger partial charge in [0.05, 0.1) is 11.5 Å². The van der Waals surface area contributed by atoms with Gasteiger partial charge in [0.1, 0.15) is 0 Å². The van der Waals surface area contributed by atoms with E-state index in [1.54, 1.807) is 0 Å². The number of hydrogen-bond acceptors (Lipinski definition) is 5. The third-order valence-corrected chi connectivity index (χ3v) is 5.86. The zero-order chi connectivity index (χ0) is 20.4. The van der Waals surface area contributed by atoms with Gasteiger partial charge < -0.3 is 15.0 Å². The molecular formula is C21H30N2O4S. The van der Waals surface area contributed by atoms with E-state index in [4.69, 9.17) is 4.74 Å². The predicted molar refractivity (Wildman–Crippen MR) is 112 cm³/mol. The minimum atomic E-state index is -0.491. The van der Waals surface area contributed by atoms with Gasteiger partial charge in [-0.3, -0.25) is 14.4 Å². The summed E-state index contributed by atoms with van der Waals surface area (Å²) in [5.41, 5.74) is 1.86. The zero-order valence-corrected chi connectivity index (χ0v) is 17.6. The summed E-state index contributed by atoms with van der Waals surface area (Å²) in [6, 6.07) is 7.86. The lowest BCUT2D eigenvalue weighted by atomic mass is 9.94. The van der Waals surface area contributed by atoms with Gasteiger partial charge in [-0.2, -0.15) is 0 Å². The molecule has 1 fully saturated rings. The fourth-order valence-corrected chi connectivity index (χ4v) is 3.93. The Labute approximate surface area is 171 Å². The number of carbonyl (C=O) groups excluding carboxylic acids is 3. The van der Waals surface area contributed by atoms with Crippen molar-refractivity contribution in [2.45, 2.75) is 51.5 Å². The van der Waals surface area contributed by atoms with E-state index < -0.39 is 5.97 Å². The molecule has 1 aliphatic carbocycles. The highest BCUT2D eigenvalue weighted by Gasteiger charge is 2.22. The fourth-order valence-electron chi connectivity index (χ4n) is 3.20. The van der Waals surface area contributed by atoms with E-state index >= 15 is 0 Å². The number of nitrogens with zero attached hydrogens (tertiary/aromatic N) is 1. The number of ether oxygens (including phenoxy) is 1. The van der Waals surface area contributed by atoms with E-state index in [0.29, 0.717) is 11.7 Å². The van der Waals surface area contributed by atoms with Crippen molar-refractivity contribution in [3.05, 3.63) is 29.8 Å². The van der Waals surface area contributed by atoms with Crippen LogP contribution in [0.5, 0.6) is 0 Å². The Bertz CT molecular complexity index is 657. The molecule has 2 amide bonds. The topological polar surface area (TPSA) is 75.7 Å². The SMILES string of the molecule is CCc1ccc(NC(=O)COC(=O)CSCC(=O)N(C)C2CCCCC2)cc1. The van der Waals surface area contributed by atoms with E-state index in [2.05, 4.69) is 12.2 Å². The van der Waals surface area contributed by atoms with Crippen molar-refractivity contribution in [2.24, 2.45) is 0 Å². The summed E-state index contributed by atoms with van der Waals surface area (Å²) in [4.78, 5) is 37.7. The van der Waals surface area contributed by atoms with Crippen LogP contribution in [0.4, 0.5) is 5.69 Å². The van der Waals surface area contributed by atoms with Gasteiger partial charge in [-0.15, -0.1) is 11.8 Å². The minimum Gasteiger partial charge on any atom is -0.455 e. The molecule has 1 aliphatic rings. The van der Waals surface area contributed by atoms with Gasteiger partial charge in [0.15, 0.2) is 6.61 Å². The maximum absolute atomic E-state index is 12.2. The smallest absolute Gasteiger partial charge is 0.316 e. The fraction of sp³-hybridized carbons (Fsp3) is 0.571. The van der Waals surface area contributed by atoms with Crippen LogP contribution in [0.3, 0.4) is 0 Å². The van der Waals surface area contributed by atoms with Crippen molar-refractivity contribution >= 4 is 35.2 Å². The lowest BCUT2D eigenvalue weighted by molar-refractivity contribution is -0.144. The first kappa shape index (κ1) is 22.3. The van der Waals surface area contributed by atoms with Crippen molar-refractivity contribution in [3.63, 3.8) is 0 Å². The first-order chi connectivity index (χ1) is 13.5. The molecule has 7 heteroatoms. The first-order valence-corrected chi connectivity index (χ1v) is 11.0. The van der Waals surface area contributed by atoms with E-state index in [0.717, 1.165) is 19.3 Å². The van der Waals surface area contributed by atoms with E-state index in [-0.39, 0.29) is 29.9 Å². The Morgan fingerprint density at radius 3 is 2.43 bits per heavy atom. The molecule has 0 aliphatic heterocycles. The molecule has 6 nitrogen and oxygen atoms in total. The van der Waals surface area contributed by atoms with Crippen molar-refractivity contribution in [3.8, 4) is 0 Å². The summed E-state index contributed by atoms with van der Waals surface area (Å²) in [5, 5.41) is 2.69. The van der Waals surface area contributed by atoms with Crippen LogP contribution in [0.1, 0.15) is 44.6 Å². The third-order valence-electron chi connectivity index (χ3n) is 4.97. The molecule has 28 heavy (non-hydrogen) atoms. The number of amides is 2. The van der Waals surface area contributed by atoms with Crippen LogP contribution >= 0.6 is 11.8 Å². The Morgan fingerprint density at radius 2 is 1.79 bits per heavy atom.